The molecule has 0 heterocycles. The molecule has 2 rings (SSSR count). The van der Waals surface area contributed by atoms with Gasteiger partial charge in [0.2, 0.25) is 0 Å². The van der Waals surface area contributed by atoms with Crippen molar-refractivity contribution in [3.8, 4) is 0 Å². The minimum Gasteiger partial charge on any atom is -0.341 e. The Bertz CT molecular complexity index is 412. The van der Waals surface area contributed by atoms with Crippen LogP contribution in [-0.4, -0.2) is 24.4 Å². The standard InChI is InChI=1S/C13H16FNO/c1-9-3-6-12(14)11(7-9)13(16)15(2)8-10-4-5-10/h3,6-7,10H,4-5,8H2,1-2H3. The van der Waals surface area contributed by atoms with Gasteiger partial charge in [0.25, 0.3) is 5.91 Å². The average Bonchev–Trinajstić information content (AvgIpc) is 3.04. The predicted octanol–water partition coefficient (Wildman–Crippen LogP) is 2.62. The zero-order valence-electron chi connectivity index (χ0n) is 9.66. The van der Waals surface area contributed by atoms with Crippen LogP contribution in [0.2, 0.25) is 0 Å². The maximum absolute atomic E-state index is 13.5. The van der Waals surface area contributed by atoms with Crippen LogP contribution in [0.5, 0.6) is 0 Å². The van der Waals surface area contributed by atoms with Crippen molar-refractivity contribution in [2.24, 2.45) is 5.92 Å². The van der Waals surface area contributed by atoms with Crippen molar-refractivity contribution in [3.63, 3.8) is 0 Å². The van der Waals surface area contributed by atoms with Crippen LogP contribution in [0.3, 0.4) is 0 Å². The molecule has 1 aromatic carbocycles. The number of hydrogen-bond acceptors (Lipinski definition) is 1. The van der Waals surface area contributed by atoms with E-state index in [2.05, 4.69) is 0 Å². The Morgan fingerprint density at radius 2 is 2.19 bits per heavy atom. The molecule has 1 aromatic rings. The molecule has 16 heavy (non-hydrogen) atoms. The van der Waals surface area contributed by atoms with Gasteiger partial charge in [0.05, 0.1) is 5.56 Å². The number of amides is 1. The summed E-state index contributed by atoms with van der Waals surface area (Å²) in [7, 11) is 1.74. The summed E-state index contributed by atoms with van der Waals surface area (Å²) in [5.74, 6) is -0.0202. The summed E-state index contributed by atoms with van der Waals surface area (Å²) in [6, 6.07) is 4.64. The number of halogens is 1. The van der Waals surface area contributed by atoms with Crippen molar-refractivity contribution in [1.82, 2.24) is 4.90 Å². The predicted molar refractivity (Wildman–Crippen MR) is 60.8 cm³/mol. The van der Waals surface area contributed by atoms with Crippen LogP contribution in [0.4, 0.5) is 4.39 Å². The number of hydrogen-bond donors (Lipinski definition) is 0. The molecule has 0 bridgehead atoms. The van der Waals surface area contributed by atoms with Gasteiger partial charge < -0.3 is 4.90 Å². The molecule has 1 aliphatic carbocycles. The zero-order valence-corrected chi connectivity index (χ0v) is 9.66. The van der Waals surface area contributed by atoms with Gasteiger partial charge >= 0.3 is 0 Å². The Balaban J connectivity index is 2.14. The fourth-order valence-corrected chi connectivity index (χ4v) is 1.78. The van der Waals surface area contributed by atoms with Crippen LogP contribution in [0.25, 0.3) is 0 Å². The maximum Gasteiger partial charge on any atom is 0.256 e. The van der Waals surface area contributed by atoms with Crippen molar-refractivity contribution in [2.45, 2.75) is 19.8 Å². The average molecular weight is 221 g/mol. The molecule has 2 nitrogen and oxygen atoms in total. The monoisotopic (exact) mass is 221 g/mol. The summed E-state index contributed by atoms with van der Waals surface area (Å²) in [5, 5.41) is 0. The molecule has 0 atom stereocenters. The highest BCUT2D eigenvalue weighted by molar-refractivity contribution is 5.94. The normalized spacial score (nSPS) is 14.9. The first-order valence-corrected chi connectivity index (χ1v) is 5.59. The first kappa shape index (κ1) is 11.1. The van der Waals surface area contributed by atoms with E-state index in [0.717, 1.165) is 12.1 Å². The molecule has 0 unspecified atom stereocenters. The molecule has 1 fully saturated rings. The molecule has 86 valence electrons. The highest BCUT2D eigenvalue weighted by Crippen LogP contribution is 2.29. The lowest BCUT2D eigenvalue weighted by atomic mass is 10.1. The first-order valence-electron chi connectivity index (χ1n) is 5.59. The van der Waals surface area contributed by atoms with Gasteiger partial charge in [-0.25, -0.2) is 4.39 Å². The van der Waals surface area contributed by atoms with Gasteiger partial charge in [0, 0.05) is 13.6 Å². The van der Waals surface area contributed by atoms with Crippen molar-refractivity contribution < 1.29 is 9.18 Å². The van der Waals surface area contributed by atoms with E-state index in [1.54, 1.807) is 24.1 Å². The van der Waals surface area contributed by atoms with Crippen molar-refractivity contribution >= 4 is 5.91 Å². The largest absolute Gasteiger partial charge is 0.341 e. The van der Waals surface area contributed by atoms with Gasteiger partial charge in [-0.2, -0.15) is 0 Å². The summed E-state index contributed by atoms with van der Waals surface area (Å²) < 4.78 is 13.5. The first-order chi connectivity index (χ1) is 7.58. The minimum atomic E-state index is -0.432. The number of carbonyl (C=O) groups is 1. The number of carbonyl (C=O) groups excluding carboxylic acids is 1. The molecule has 3 heteroatoms. The van der Waals surface area contributed by atoms with Gasteiger partial charge in [0.1, 0.15) is 5.82 Å². The molecule has 1 aliphatic rings. The van der Waals surface area contributed by atoms with Gasteiger partial charge in [0.15, 0.2) is 0 Å². The molecule has 1 saturated carbocycles. The van der Waals surface area contributed by atoms with Crippen molar-refractivity contribution in [1.29, 1.82) is 0 Å². The third-order valence-electron chi connectivity index (χ3n) is 2.93. The molecule has 0 saturated heterocycles. The Morgan fingerprint density at radius 3 is 2.81 bits per heavy atom. The maximum atomic E-state index is 13.5. The van der Waals surface area contributed by atoms with Gasteiger partial charge in [-0.1, -0.05) is 11.6 Å². The van der Waals surface area contributed by atoms with Gasteiger partial charge in [-0.05, 0) is 37.8 Å². The SMILES string of the molecule is Cc1ccc(F)c(C(=O)N(C)CC2CC2)c1. The molecule has 0 N–H and O–H groups in total. The van der Waals surface area contributed by atoms with Crippen molar-refractivity contribution in [2.75, 3.05) is 13.6 Å². The lowest BCUT2D eigenvalue weighted by Gasteiger charge is -2.17. The molecule has 0 radical (unpaired) electrons. The summed E-state index contributed by atoms with van der Waals surface area (Å²) in [6.45, 7) is 2.60. The van der Waals surface area contributed by atoms with Gasteiger partial charge in [-0.3, -0.25) is 4.79 Å². The molecule has 0 aromatic heterocycles. The Kier molecular flexibility index (Phi) is 2.95. The minimum absolute atomic E-state index is 0.183. The quantitative estimate of drug-likeness (QED) is 0.768. The summed E-state index contributed by atoms with van der Waals surface area (Å²) in [4.78, 5) is 13.6. The third-order valence-corrected chi connectivity index (χ3v) is 2.93. The molecule has 1 amide bonds. The third kappa shape index (κ3) is 2.40. The van der Waals surface area contributed by atoms with E-state index in [1.807, 2.05) is 6.92 Å². The lowest BCUT2D eigenvalue weighted by molar-refractivity contribution is 0.0784. The zero-order chi connectivity index (χ0) is 11.7. The molecule has 0 spiro atoms. The number of benzene rings is 1. The molecular weight excluding hydrogens is 205 g/mol. The second-order valence-electron chi connectivity index (χ2n) is 4.61. The smallest absolute Gasteiger partial charge is 0.256 e. The number of nitrogens with zero attached hydrogens (tertiary/aromatic N) is 1. The van der Waals surface area contributed by atoms with E-state index in [1.165, 1.54) is 18.9 Å². The fraction of sp³-hybridized carbons (Fsp3) is 0.462. The lowest BCUT2D eigenvalue weighted by Crippen LogP contribution is -2.29. The van der Waals surface area contributed by atoms with E-state index in [9.17, 15) is 9.18 Å². The van der Waals surface area contributed by atoms with E-state index in [-0.39, 0.29) is 11.5 Å². The van der Waals surface area contributed by atoms with Crippen LogP contribution in [-0.2, 0) is 0 Å². The fourth-order valence-electron chi connectivity index (χ4n) is 1.78. The summed E-state index contributed by atoms with van der Waals surface area (Å²) in [5.41, 5.74) is 1.09. The Labute approximate surface area is 95.1 Å². The van der Waals surface area contributed by atoms with E-state index < -0.39 is 5.82 Å². The van der Waals surface area contributed by atoms with Crippen LogP contribution in [0, 0.1) is 18.7 Å². The highest BCUT2D eigenvalue weighted by atomic mass is 19.1. The van der Waals surface area contributed by atoms with E-state index in [4.69, 9.17) is 0 Å². The Morgan fingerprint density at radius 1 is 1.50 bits per heavy atom. The second kappa shape index (κ2) is 4.24. The van der Waals surface area contributed by atoms with Crippen LogP contribution in [0.1, 0.15) is 28.8 Å². The van der Waals surface area contributed by atoms with Crippen LogP contribution >= 0.6 is 0 Å². The molecular formula is C13H16FNO. The molecule has 0 aliphatic heterocycles. The Hall–Kier alpha value is -1.38. The van der Waals surface area contributed by atoms with Crippen LogP contribution in [0.15, 0.2) is 18.2 Å². The van der Waals surface area contributed by atoms with E-state index in [0.29, 0.717) is 5.92 Å². The highest BCUT2D eigenvalue weighted by Gasteiger charge is 2.26. The topological polar surface area (TPSA) is 20.3 Å². The second-order valence-corrected chi connectivity index (χ2v) is 4.61. The number of aryl methyl sites for hydroxylation is 1. The van der Waals surface area contributed by atoms with Crippen molar-refractivity contribution in [3.05, 3.63) is 35.1 Å². The number of rotatable bonds is 3. The van der Waals surface area contributed by atoms with E-state index >= 15 is 0 Å². The van der Waals surface area contributed by atoms with Crippen LogP contribution < -0.4 is 0 Å². The summed E-state index contributed by atoms with van der Waals surface area (Å²) in [6.07, 6.45) is 2.38. The summed E-state index contributed by atoms with van der Waals surface area (Å²) >= 11 is 0. The van der Waals surface area contributed by atoms with Gasteiger partial charge in [-0.15, -0.1) is 0 Å².